The minimum absolute atomic E-state index is 0.0102. The highest BCUT2D eigenvalue weighted by molar-refractivity contribution is 6.14. The quantitative estimate of drug-likeness (QED) is 0.169. The molecule has 0 saturated heterocycles. The number of rotatable bonds is 1. The van der Waals surface area contributed by atoms with Crippen molar-refractivity contribution in [2.45, 2.75) is 0 Å². The van der Waals surface area contributed by atoms with Crippen LogP contribution in [-0.2, 0) is 0 Å². The summed E-state index contributed by atoms with van der Waals surface area (Å²) >= 11 is 0. The monoisotopic (exact) mass is 686 g/mol. The van der Waals surface area contributed by atoms with Crippen LogP contribution in [0.3, 0.4) is 0 Å². The molecule has 8 aromatic carbocycles. The van der Waals surface area contributed by atoms with E-state index in [2.05, 4.69) is 47.4 Å². The summed E-state index contributed by atoms with van der Waals surface area (Å²) in [7, 11) is 0. The summed E-state index contributed by atoms with van der Waals surface area (Å²) in [6.45, 7) is 0. The molecule has 0 amide bonds. The van der Waals surface area contributed by atoms with Crippen LogP contribution in [0.1, 0.15) is 44.5 Å². The lowest BCUT2D eigenvalue weighted by atomic mass is 9.86. The Morgan fingerprint density at radius 3 is 0.852 bits per heavy atom. The molecular weight excluding hydrogens is 657 g/mol. The lowest BCUT2D eigenvalue weighted by molar-refractivity contribution is 0.470. The SMILES string of the molecule is Oc1ccc2c(C#Cc3ccccc3)ccc(C#Cc3ccccc3)c2c1-c1c(O)ccc2c(C#Cc3ccccc3)ccc(C#Cc3ccccc3)c12. The van der Waals surface area contributed by atoms with Gasteiger partial charge in [-0.2, -0.15) is 0 Å². The van der Waals surface area contributed by atoms with E-state index in [9.17, 15) is 10.2 Å². The van der Waals surface area contributed by atoms with Gasteiger partial charge < -0.3 is 10.2 Å². The van der Waals surface area contributed by atoms with E-state index in [4.69, 9.17) is 0 Å². The topological polar surface area (TPSA) is 40.5 Å². The van der Waals surface area contributed by atoms with Crippen molar-refractivity contribution < 1.29 is 10.2 Å². The summed E-state index contributed by atoms with van der Waals surface area (Å²) in [4.78, 5) is 0. The van der Waals surface area contributed by atoms with Crippen LogP contribution >= 0.6 is 0 Å². The number of aromatic hydroxyl groups is 2. The average Bonchev–Trinajstić information content (AvgIpc) is 3.22. The molecule has 2 heteroatoms. The third kappa shape index (κ3) is 7.02. The minimum atomic E-state index is -0.0102. The van der Waals surface area contributed by atoms with Gasteiger partial charge in [0.2, 0.25) is 0 Å². The zero-order valence-electron chi connectivity index (χ0n) is 29.1. The van der Waals surface area contributed by atoms with Gasteiger partial charge in [0.15, 0.2) is 0 Å². The number of benzene rings is 8. The first kappa shape index (κ1) is 33.3. The van der Waals surface area contributed by atoms with Crippen LogP contribution < -0.4 is 0 Å². The maximum Gasteiger partial charge on any atom is 0.124 e. The lowest BCUT2D eigenvalue weighted by Crippen LogP contribution is -1.95. The van der Waals surface area contributed by atoms with Crippen LogP contribution in [0.25, 0.3) is 32.7 Å². The molecule has 0 aliphatic heterocycles. The zero-order valence-corrected chi connectivity index (χ0v) is 29.1. The molecule has 0 heterocycles. The van der Waals surface area contributed by atoms with E-state index in [0.29, 0.717) is 33.0 Å². The molecular formula is C52H30O2. The van der Waals surface area contributed by atoms with Gasteiger partial charge in [0.1, 0.15) is 11.5 Å². The molecule has 250 valence electrons. The molecule has 2 N–H and O–H groups in total. The van der Waals surface area contributed by atoms with Gasteiger partial charge >= 0.3 is 0 Å². The van der Waals surface area contributed by atoms with E-state index < -0.39 is 0 Å². The third-order valence-corrected chi connectivity index (χ3v) is 9.03. The smallest absolute Gasteiger partial charge is 0.124 e. The Balaban J connectivity index is 1.45. The molecule has 54 heavy (non-hydrogen) atoms. The van der Waals surface area contributed by atoms with Crippen LogP contribution in [-0.4, -0.2) is 10.2 Å². The summed E-state index contributed by atoms with van der Waals surface area (Å²) in [6.07, 6.45) is 0. The highest BCUT2D eigenvalue weighted by Gasteiger charge is 2.22. The maximum absolute atomic E-state index is 11.9. The zero-order chi connectivity index (χ0) is 36.7. The maximum atomic E-state index is 11.9. The number of phenols is 2. The van der Waals surface area contributed by atoms with E-state index >= 15 is 0 Å². The van der Waals surface area contributed by atoms with Crippen LogP contribution in [0.2, 0.25) is 0 Å². The van der Waals surface area contributed by atoms with Gasteiger partial charge in [0.25, 0.3) is 0 Å². The fraction of sp³-hybridized carbons (Fsp3) is 0. The summed E-state index contributed by atoms with van der Waals surface area (Å²) in [5, 5.41) is 26.8. The van der Waals surface area contributed by atoms with Gasteiger partial charge in [-0.25, -0.2) is 0 Å². The van der Waals surface area contributed by atoms with Crippen molar-refractivity contribution in [2.75, 3.05) is 0 Å². The highest BCUT2D eigenvalue weighted by Crippen LogP contribution is 2.47. The largest absolute Gasteiger partial charge is 0.507 e. The number of hydrogen-bond donors (Lipinski definition) is 2. The second-order valence-corrected chi connectivity index (χ2v) is 12.5. The second-order valence-electron chi connectivity index (χ2n) is 12.5. The molecule has 0 unspecified atom stereocenters. The van der Waals surface area contributed by atoms with Crippen LogP contribution in [0.15, 0.2) is 170 Å². The van der Waals surface area contributed by atoms with Gasteiger partial charge in [-0.3, -0.25) is 0 Å². The molecule has 0 radical (unpaired) electrons. The van der Waals surface area contributed by atoms with E-state index in [1.807, 2.05) is 158 Å². The van der Waals surface area contributed by atoms with Gasteiger partial charge in [-0.1, -0.05) is 120 Å². The molecule has 0 bridgehead atoms. The van der Waals surface area contributed by atoms with Crippen molar-refractivity contribution in [2.24, 2.45) is 0 Å². The Bertz CT molecular complexity index is 2730. The van der Waals surface area contributed by atoms with Crippen molar-refractivity contribution in [3.05, 3.63) is 214 Å². The van der Waals surface area contributed by atoms with E-state index in [1.165, 1.54) is 0 Å². The average molecular weight is 687 g/mol. The van der Waals surface area contributed by atoms with Crippen LogP contribution in [0, 0.1) is 47.4 Å². The molecule has 2 nitrogen and oxygen atoms in total. The number of phenolic OH excluding ortho intramolecular Hbond substituents is 2. The summed E-state index contributed by atoms with van der Waals surface area (Å²) in [6, 6.07) is 54.0. The molecule has 0 aromatic heterocycles. The predicted molar refractivity (Wildman–Crippen MR) is 220 cm³/mol. The number of fused-ring (bicyclic) bond motifs is 2. The molecule has 0 atom stereocenters. The van der Waals surface area contributed by atoms with E-state index in [0.717, 1.165) is 44.2 Å². The van der Waals surface area contributed by atoms with E-state index in [-0.39, 0.29) is 11.5 Å². The number of hydrogen-bond acceptors (Lipinski definition) is 2. The first-order valence-corrected chi connectivity index (χ1v) is 17.5. The Hall–Kier alpha value is -7.88. The first-order chi connectivity index (χ1) is 26.6. The Morgan fingerprint density at radius 2 is 0.537 bits per heavy atom. The standard InChI is InChI=1S/C52H30O2/c53-47-35-33-45-41(25-21-37-13-5-1-6-14-37)29-31-43(27-23-39-17-9-3-10-18-39)49(45)51(47)52-48(54)36-34-46-42(26-22-38-15-7-2-8-16-38)30-32-44(50(46)52)28-24-40-19-11-4-12-20-40/h1-20,29-36,53-54H. The van der Waals surface area contributed by atoms with Crippen molar-refractivity contribution in [3.8, 4) is 70.0 Å². The fourth-order valence-electron chi connectivity index (χ4n) is 6.45. The van der Waals surface area contributed by atoms with Gasteiger partial charge in [0.05, 0.1) is 0 Å². The molecule has 0 spiro atoms. The van der Waals surface area contributed by atoms with Crippen molar-refractivity contribution in [1.29, 1.82) is 0 Å². The van der Waals surface area contributed by atoms with E-state index in [1.54, 1.807) is 12.1 Å². The minimum Gasteiger partial charge on any atom is -0.507 e. The third-order valence-electron chi connectivity index (χ3n) is 9.03. The fourth-order valence-corrected chi connectivity index (χ4v) is 6.45. The van der Waals surface area contributed by atoms with Crippen LogP contribution in [0.5, 0.6) is 11.5 Å². The van der Waals surface area contributed by atoms with Crippen molar-refractivity contribution >= 4 is 21.5 Å². The normalized spacial score (nSPS) is 10.1. The second kappa shape index (κ2) is 15.2. The Morgan fingerprint density at radius 1 is 0.259 bits per heavy atom. The van der Waals surface area contributed by atoms with Gasteiger partial charge in [-0.15, -0.1) is 0 Å². The lowest BCUT2D eigenvalue weighted by Gasteiger charge is -2.17. The molecule has 0 aliphatic carbocycles. The molecule has 8 aromatic rings. The van der Waals surface area contributed by atoms with Gasteiger partial charge in [0, 0.05) is 66.4 Å². The molecule has 0 fully saturated rings. The summed E-state index contributed by atoms with van der Waals surface area (Å²) < 4.78 is 0. The van der Waals surface area contributed by atoms with Crippen molar-refractivity contribution in [1.82, 2.24) is 0 Å². The van der Waals surface area contributed by atoms with Crippen molar-refractivity contribution in [3.63, 3.8) is 0 Å². The Labute approximate surface area is 315 Å². The Kier molecular flexibility index (Phi) is 9.34. The molecule has 0 aliphatic rings. The molecule has 8 rings (SSSR count). The van der Waals surface area contributed by atoms with Gasteiger partial charge in [-0.05, 0) is 108 Å². The summed E-state index contributed by atoms with van der Waals surface area (Å²) in [5.74, 6) is 26.6. The first-order valence-electron chi connectivity index (χ1n) is 17.5. The predicted octanol–water partition coefficient (Wildman–Crippen LogP) is 10.7. The summed E-state index contributed by atoms with van der Waals surface area (Å²) in [5.41, 5.74) is 7.24. The highest BCUT2D eigenvalue weighted by atomic mass is 16.3. The molecule has 0 saturated carbocycles. The van der Waals surface area contributed by atoms with Crippen LogP contribution in [0.4, 0.5) is 0 Å².